The molecule has 0 fully saturated rings. The van der Waals surface area contributed by atoms with Crippen molar-refractivity contribution in [1.29, 1.82) is 0 Å². The third-order valence-electron chi connectivity index (χ3n) is 2.12. The Labute approximate surface area is 112 Å². The van der Waals surface area contributed by atoms with Gasteiger partial charge in [0.05, 0.1) is 5.02 Å². The predicted molar refractivity (Wildman–Crippen MR) is 66.0 cm³/mol. The summed E-state index contributed by atoms with van der Waals surface area (Å²) < 4.78 is 18.6. The predicted octanol–water partition coefficient (Wildman–Crippen LogP) is 2.16. The molecule has 0 bridgehead atoms. The van der Waals surface area contributed by atoms with Gasteiger partial charge in [-0.2, -0.15) is 0 Å². The minimum absolute atomic E-state index is 0.0143. The van der Waals surface area contributed by atoms with Crippen LogP contribution in [0.25, 0.3) is 0 Å². The second-order valence-corrected chi connectivity index (χ2v) is 3.78. The Bertz CT molecular complexity index is 636. The van der Waals surface area contributed by atoms with Crippen LogP contribution in [0.3, 0.4) is 0 Å². The molecule has 0 atom stereocenters. The first-order valence-corrected chi connectivity index (χ1v) is 5.41. The van der Waals surface area contributed by atoms with Crippen LogP contribution in [0, 0.1) is 5.82 Å². The SMILES string of the molecule is N/C(=N/O)c1nccnc1Oc1ccc(Cl)c(F)c1. The number of nitrogens with zero attached hydrogens (tertiary/aromatic N) is 3. The first kappa shape index (κ1) is 13.0. The van der Waals surface area contributed by atoms with Crippen molar-refractivity contribution in [2.24, 2.45) is 10.9 Å². The van der Waals surface area contributed by atoms with Crippen LogP contribution in [-0.4, -0.2) is 21.0 Å². The van der Waals surface area contributed by atoms with Crippen LogP contribution < -0.4 is 10.5 Å². The lowest BCUT2D eigenvalue weighted by atomic mass is 10.3. The minimum atomic E-state index is -0.631. The maximum atomic E-state index is 13.3. The van der Waals surface area contributed by atoms with Crippen molar-refractivity contribution in [2.45, 2.75) is 0 Å². The summed E-state index contributed by atoms with van der Waals surface area (Å²) in [5.41, 5.74) is 5.47. The molecule has 0 aliphatic rings. The van der Waals surface area contributed by atoms with Crippen molar-refractivity contribution in [2.75, 3.05) is 0 Å². The monoisotopic (exact) mass is 282 g/mol. The first-order chi connectivity index (χ1) is 9.11. The smallest absolute Gasteiger partial charge is 0.249 e. The van der Waals surface area contributed by atoms with Gasteiger partial charge in [0, 0.05) is 18.5 Å². The zero-order valence-electron chi connectivity index (χ0n) is 9.42. The highest BCUT2D eigenvalue weighted by atomic mass is 35.5. The normalized spacial score (nSPS) is 11.4. The highest BCUT2D eigenvalue weighted by Gasteiger charge is 2.13. The summed E-state index contributed by atoms with van der Waals surface area (Å²) in [5, 5.41) is 11.4. The molecular formula is C11H8ClFN4O2. The number of nitrogens with two attached hydrogens (primary N) is 1. The van der Waals surface area contributed by atoms with Gasteiger partial charge in [0.15, 0.2) is 11.5 Å². The Balaban J connectivity index is 2.35. The molecule has 1 aromatic heterocycles. The van der Waals surface area contributed by atoms with Gasteiger partial charge in [0.2, 0.25) is 5.88 Å². The van der Waals surface area contributed by atoms with Crippen molar-refractivity contribution < 1.29 is 14.3 Å². The summed E-state index contributed by atoms with van der Waals surface area (Å²) in [6.07, 6.45) is 2.71. The summed E-state index contributed by atoms with van der Waals surface area (Å²) in [7, 11) is 0. The average molecular weight is 283 g/mol. The summed E-state index contributed by atoms with van der Waals surface area (Å²) in [6.45, 7) is 0. The van der Waals surface area contributed by atoms with E-state index in [2.05, 4.69) is 15.1 Å². The average Bonchev–Trinajstić information content (AvgIpc) is 2.43. The number of benzene rings is 1. The number of rotatable bonds is 3. The number of oxime groups is 1. The van der Waals surface area contributed by atoms with Gasteiger partial charge in [-0.3, -0.25) is 0 Å². The Morgan fingerprint density at radius 1 is 1.37 bits per heavy atom. The molecular weight excluding hydrogens is 275 g/mol. The highest BCUT2D eigenvalue weighted by molar-refractivity contribution is 6.30. The molecule has 1 aromatic carbocycles. The second kappa shape index (κ2) is 5.49. The van der Waals surface area contributed by atoms with Gasteiger partial charge in [-0.1, -0.05) is 16.8 Å². The highest BCUT2D eigenvalue weighted by Crippen LogP contribution is 2.25. The number of halogens is 2. The van der Waals surface area contributed by atoms with E-state index in [1.807, 2.05) is 0 Å². The molecule has 1 heterocycles. The van der Waals surface area contributed by atoms with Crippen LogP contribution in [0.15, 0.2) is 35.7 Å². The van der Waals surface area contributed by atoms with Crippen molar-refractivity contribution >= 4 is 17.4 Å². The van der Waals surface area contributed by atoms with Gasteiger partial charge in [-0.25, -0.2) is 14.4 Å². The van der Waals surface area contributed by atoms with Gasteiger partial charge in [-0.15, -0.1) is 0 Å². The topological polar surface area (TPSA) is 93.6 Å². The lowest BCUT2D eigenvalue weighted by Gasteiger charge is -2.08. The molecule has 6 nitrogen and oxygen atoms in total. The van der Waals surface area contributed by atoms with Gasteiger partial charge in [-0.05, 0) is 12.1 Å². The Hall–Kier alpha value is -2.41. The van der Waals surface area contributed by atoms with Crippen LogP contribution in [0.5, 0.6) is 11.6 Å². The van der Waals surface area contributed by atoms with E-state index in [0.717, 1.165) is 6.07 Å². The van der Waals surface area contributed by atoms with E-state index in [0.29, 0.717) is 0 Å². The number of ether oxygens (including phenoxy) is 1. The quantitative estimate of drug-likeness (QED) is 0.389. The fourth-order valence-electron chi connectivity index (χ4n) is 1.27. The van der Waals surface area contributed by atoms with E-state index in [1.54, 1.807) is 0 Å². The second-order valence-electron chi connectivity index (χ2n) is 3.37. The first-order valence-electron chi connectivity index (χ1n) is 5.03. The zero-order valence-corrected chi connectivity index (χ0v) is 10.2. The number of hydrogen-bond donors (Lipinski definition) is 2. The molecule has 98 valence electrons. The Morgan fingerprint density at radius 3 is 2.79 bits per heavy atom. The molecule has 2 rings (SSSR count). The van der Waals surface area contributed by atoms with E-state index in [1.165, 1.54) is 24.5 Å². The van der Waals surface area contributed by atoms with E-state index in [-0.39, 0.29) is 28.2 Å². The minimum Gasteiger partial charge on any atom is -0.437 e. The lowest BCUT2D eigenvalue weighted by Crippen LogP contribution is -2.16. The summed E-state index contributed by atoms with van der Waals surface area (Å²) >= 11 is 5.56. The van der Waals surface area contributed by atoms with Crippen molar-refractivity contribution in [1.82, 2.24) is 9.97 Å². The van der Waals surface area contributed by atoms with E-state index >= 15 is 0 Å². The van der Waals surface area contributed by atoms with Gasteiger partial charge in [0.25, 0.3) is 0 Å². The Kier molecular flexibility index (Phi) is 3.76. The fraction of sp³-hybridized carbons (Fsp3) is 0. The third kappa shape index (κ3) is 2.89. The fourth-order valence-corrected chi connectivity index (χ4v) is 1.39. The molecule has 0 radical (unpaired) electrons. The maximum Gasteiger partial charge on any atom is 0.249 e. The van der Waals surface area contributed by atoms with Gasteiger partial charge in [0.1, 0.15) is 11.6 Å². The Morgan fingerprint density at radius 2 is 2.11 bits per heavy atom. The molecule has 8 heteroatoms. The maximum absolute atomic E-state index is 13.3. The van der Waals surface area contributed by atoms with Crippen molar-refractivity contribution in [3.05, 3.63) is 47.1 Å². The molecule has 3 N–H and O–H groups in total. The molecule has 0 saturated heterocycles. The molecule has 0 unspecified atom stereocenters. The zero-order chi connectivity index (χ0) is 13.8. The van der Waals surface area contributed by atoms with Gasteiger partial charge < -0.3 is 15.7 Å². The number of amidine groups is 1. The van der Waals surface area contributed by atoms with Crippen LogP contribution in [0.2, 0.25) is 5.02 Å². The number of hydrogen-bond acceptors (Lipinski definition) is 5. The summed E-state index contributed by atoms with van der Waals surface area (Å²) in [6, 6.07) is 3.88. The van der Waals surface area contributed by atoms with Crippen LogP contribution in [0.4, 0.5) is 4.39 Å². The molecule has 19 heavy (non-hydrogen) atoms. The molecule has 0 spiro atoms. The van der Waals surface area contributed by atoms with Gasteiger partial charge >= 0.3 is 0 Å². The molecule has 0 aliphatic heterocycles. The van der Waals surface area contributed by atoms with E-state index in [9.17, 15) is 4.39 Å². The standard InChI is InChI=1S/C11H8ClFN4O2/c12-7-2-1-6(5-8(7)13)19-11-9(10(14)17-18)15-3-4-16-11/h1-5,18H,(H2,14,17). The molecule has 0 amide bonds. The third-order valence-corrected chi connectivity index (χ3v) is 2.43. The number of aromatic nitrogens is 2. The van der Waals surface area contributed by atoms with Crippen molar-refractivity contribution in [3.63, 3.8) is 0 Å². The molecule has 0 aliphatic carbocycles. The summed E-state index contributed by atoms with van der Waals surface area (Å²) in [4.78, 5) is 7.75. The lowest BCUT2D eigenvalue weighted by molar-refractivity contribution is 0.318. The van der Waals surface area contributed by atoms with Crippen LogP contribution in [0.1, 0.15) is 5.69 Å². The van der Waals surface area contributed by atoms with Crippen LogP contribution in [-0.2, 0) is 0 Å². The van der Waals surface area contributed by atoms with Crippen LogP contribution >= 0.6 is 11.6 Å². The van der Waals surface area contributed by atoms with E-state index < -0.39 is 5.82 Å². The largest absolute Gasteiger partial charge is 0.437 e. The summed E-state index contributed by atoms with van der Waals surface area (Å²) in [5.74, 6) is -0.750. The molecule has 0 saturated carbocycles. The molecule has 2 aromatic rings. The van der Waals surface area contributed by atoms with Crippen molar-refractivity contribution in [3.8, 4) is 11.6 Å². The van der Waals surface area contributed by atoms with E-state index in [4.69, 9.17) is 27.3 Å².